The van der Waals surface area contributed by atoms with Crippen molar-refractivity contribution in [3.8, 4) is 0 Å². The number of alkyl halides is 2. The van der Waals surface area contributed by atoms with Gasteiger partial charge in [-0.15, -0.1) is 5.10 Å². The van der Waals surface area contributed by atoms with Crippen molar-refractivity contribution in [3.05, 3.63) is 4.73 Å². The Labute approximate surface area is 87.6 Å². The smallest absolute Gasteiger partial charge is 0.251 e. The van der Waals surface area contributed by atoms with Gasteiger partial charge in [0.05, 0.1) is 0 Å². The Morgan fingerprint density at radius 3 is 2.71 bits per heavy atom. The molecule has 0 aliphatic heterocycles. The van der Waals surface area contributed by atoms with E-state index < -0.39 is 11.8 Å². The maximum Gasteiger partial charge on any atom is 0.251 e. The highest BCUT2D eigenvalue weighted by molar-refractivity contribution is 9.10. The Bertz CT molecular complexity index is 351. The molecule has 1 fully saturated rings. The number of anilines is 1. The normalized spacial score (nSPS) is 23.8. The number of aryl methyl sites for hydroxylation is 1. The summed E-state index contributed by atoms with van der Waals surface area (Å²) in [6.45, 7) is 0.422. The van der Waals surface area contributed by atoms with Gasteiger partial charge in [-0.05, 0) is 22.4 Å². The second-order valence-electron chi connectivity index (χ2n) is 3.41. The molecule has 1 unspecified atom stereocenters. The zero-order valence-corrected chi connectivity index (χ0v) is 8.84. The Morgan fingerprint density at radius 1 is 1.64 bits per heavy atom. The van der Waals surface area contributed by atoms with Crippen LogP contribution in [0.2, 0.25) is 0 Å². The second-order valence-corrected chi connectivity index (χ2v) is 4.12. The van der Waals surface area contributed by atoms with E-state index in [-0.39, 0.29) is 12.4 Å². The van der Waals surface area contributed by atoms with Crippen molar-refractivity contribution < 1.29 is 8.78 Å². The molecule has 0 saturated heterocycles. The van der Waals surface area contributed by atoms with Gasteiger partial charge in [-0.2, -0.15) is 4.98 Å². The molecule has 0 aromatic carbocycles. The summed E-state index contributed by atoms with van der Waals surface area (Å²) in [5, 5.41) is 3.85. The Hall–Kier alpha value is -0.720. The van der Waals surface area contributed by atoms with Gasteiger partial charge in [-0.3, -0.25) is 0 Å². The maximum atomic E-state index is 12.5. The number of rotatable bonds is 3. The molecule has 0 amide bonds. The summed E-state index contributed by atoms with van der Waals surface area (Å²) in [6.07, 6.45) is 0.406. The predicted molar refractivity (Wildman–Crippen MR) is 49.8 cm³/mol. The second kappa shape index (κ2) is 3.15. The van der Waals surface area contributed by atoms with Crippen LogP contribution in [-0.2, 0) is 6.54 Å². The third-order valence-electron chi connectivity index (χ3n) is 2.29. The number of nitrogen functional groups attached to an aromatic ring is 1. The first-order valence-electron chi connectivity index (χ1n) is 4.23. The molecule has 2 N–H and O–H groups in total. The molecule has 1 heterocycles. The average molecular weight is 267 g/mol. The molecule has 1 aromatic rings. The van der Waals surface area contributed by atoms with E-state index >= 15 is 0 Å². The lowest BCUT2D eigenvalue weighted by Gasteiger charge is -2.00. The Balaban J connectivity index is 1.90. The highest BCUT2D eigenvalue weighted by atomic mass is 79.9. The number of nitrogens with two attached hydrogens (primary N) is 1. The zero-order valence-electron chi connectivity index (χ0n) is 7.25. The lowest BCUT2D eigenvalue weighted by Crippen LogP contribution is -2.04. The van der Waals surface area contributed by atoms with Crippen LogP contribution in [0.5, 0.6) is 0 Å². The van der Waals surface area contributed by atoms with E-state index in [2.05, 4.69) is 26.0 Å². The lowest BCUT2D eigenvalue weighted by atomic mass is 10.3. The van der Waals surface area contributed by atoms with E-state index in [9.17, 15) is 8.78 Å². The van der Waals surface area contributed by atoms with Gasteiger partial charge in [-0.25, -0.2) is 13.5 Å². The molecule has 1 aliphatic rings. The van der Waals surface area contributed by atoms with Crippen LogP contribution in [0.1, 0.15) is 12.8 Å². The molecule has 7 heteroatoms. The van der Waals surface area contributed by atoms with Crippen molar-refractivity contribution in [3.63, 3.8) is 0 Å². The van der Waals surface area contributed by atoms with E-state index in [1.807, 2.05) is 0 Å². The Kier molecular flexibility index (Phi) is 2.21. The molecular formula is C7H9BrF2N4. The van der Waals surface area contributed by atoms with Crippen LogP contribution in [-0.4, -0.2) is 20.7 Å². The molecule has 2 rings (SSSR count). The third-order valence-corrected chi connectivity index (χ3v) is 2.87. The number of nitrogens with zero attached hydrogens (tertiary/aromatic N) is 3. The molecule has 4 nitrogen and oxygen atoms in total. The minimum atomic E-state index is -2.46. The van der Waals surface area contributed by atoms with Crippen molar-refractivity contribution in [1.82, 2.24) is 14.8 Å². The third kappa shape index (κ3) is 1.87. The summed E-state index contributed by atoms with van der Waals surface area (Å²) in [5.74, 6) is -2.81. The quantitative estimate of drug-likeness (QED) is 0.906. The van der Waals surface area contributed by atoms with E-state index in [1.165, 1.54) is 4.68 Å². The molecule has 1 aromatic heterocycles. The molecule has 1 saturated carbocycles. The van der Waals surface area contributed by atoms with Crippen LogP contribution in [0.15, 0.2) is 4.73 Å². The van der Waals surface area contributed by atoms with Crippen molar-refractivity contribution in [2.75, 3.05) is 5.73 Å². The number of hydrogen-bond donors (Lipinski definition) is 1. The Morgan fingerprint density at radius 2 is 2.29 bits per heavy atom. The molecule has 0 spiro atoms. The van der Waals surface area contributed by atoms with Gasteiger partial charge >= 0.3 is 0 Å². The number of aromatic nitrogens is 3. The summed E-state index contributed by atoms with van der Waals surface area (Å²) >= 11 is 3.14. The van der Waals surface area contributed by atoms with E-state index in [1.54, 1.807) is 0 Å². The summed E-state index contributed by atoms with van der Waals surface area (Å²) in [6, 6.07) is 0. The van der Waals surface area contributed by atoms with Gasteiger partial charge in [0.15, 0.2) is 4.73 Å². The van der Waals surface area contributed by atoms with Gasteiger partial charge in [0.2, 0.25) is 5.95 Å². The number of hydrogen-bond acceptors (Lipinski definition) is 3. The average Bonchev–Trinajstić information content (AvgIpc) is 2.53. The molecule has 1 aliphatic carbocycles. The van der Waals surface area contributed by atoms with Crippen molar-refractivity contribution in [2.45, 2.75) is 25.3 Å². The highest BCUT2D eigenvalue weighted by Gasteiger charge is 2.56. The van der Waals surface area contributed by atoms with Gasteiger partial charge in [0, 0.05) is 18.9 Å². The topological polar surface area (TPSA) is 56.7 Å². The number of halogens is 3. The minimum Gasteiger partial charge on any atom is -0.366 e. The van der Waals surface area contributed by atoms with E-state index in [0.29, 0.717) is 17.7 Å². The molecule has 0 bridgehead atoms. The van der Waals surface area contributed by atoms with Crippen LogP contribution in [0.3, 0.4) is 0 Å². The van der Waals surface area contributed by atoms with Gasteiger partial charge in [-0.1, -0.05) is 0 Å². The first-order valence-corrected chi connectivity index (χ1v) is 5.02. The van der Waals surface area contributed by atoms with Crippen molar-refractivity contribution >= 4 is 21.9 Å². The van der Waals surface area contributed by atoms with Crippen molar-refractivity contribution in [2.24, 2.45) is 5.92 Å². The van der Waals surface area contributed by atoms with Crippen molar-refractivity contribution in [1.29, 1.82) is 0 Å². The monoisotopic (exact) mass is 266 g/mol. The summed E-state index contributed by atoms with van der Waals surface area (Å²) in [7, 11) is 0. The van der Waals surface area contributed by atoms with Gasteiger partial charge in [0.1, 0.15) is 0 Å². The molecular weight excluding hydrogens is 258 g/mol. The first-order chi connectivity index (χ1) is 6.49. The summed E-state index contributed by atoms with van der Waals surface area (Å²) in [5.41, 5.74) is 5.33. The van der Waals surface area contributed by atoms with Crippen LogP contribution >= 0.6 is 15.9 Å². The van der Waals surface area contributed by atoms with Crippen LogP contribution in [0.4, 0.5) is 14.7 Å². The van der Waals surface area contributed by atoms with Crippen LogP contribution < -0.4 is 5.73 Å². The fourth-order valence-electron chi connectivity index (χ4n) is 1.34. The largest absolute Gasteiger partial charge is 0.366 e. The molecule has 0 radical (unpaired) electrons. The lowest BCUT2D eigenvalue weighted by molar-refractivity contribution is 0.0957. The minimum absolute atomic E-state index is 0.00516. The fraction of sp³-hybridized carbons (Fsp3) is 0.714. The molecule has 78 valence electrons. The van der Waals surface area contributed by atoms with E-state index in [4.69, 9.17) is 5.73 Å². The predicted octanol–water partition coefficient (Wildman–Crippen LogP) is 1.67. The van der Waals surface area contributed by atoms with Gasteiger partial charge < -0.3 is 5.73 Å². The fourth-order valence-corrected chi connectivity index (χ4v) is 1.78. The molecule has 14 heavy (non-hydrogen) atoms. The summed E-state index contributed by atoms with van der Waals surface area (Å²) in [4.78, 5) is 3.80. The molecule has 1 atom stereocenters. The maximum absolute atomic E-state index is 12.5. The highest BCUT2D eigenvalue weighted by Crippen LogP contribution is 2.50. The summed E-state index contributed by atoms with van der Waals surface area (Å²) < 4.78 is 27.0. The van der Waals surface area contributed by atoms with Crippen LogP contribution in [0, 0.1) is 5.92 Å². The zero-order chi connectivity index (χ0) is 10.3. The first kappa shape index (κ1) is 9.82. The van der Waals surface area contributed by atoms with Crippen LogP contribution in [0.25, 0.3) is 0 Å². The van der Waals surface area contributed by atoms with Gasteiger partial charge in [0.25, 0.3) is 5.92 Å². The SMILES string of the molecule is Nc1nc(Br)n(CCC2CC2(F)F)n1. The van der Waals surface area contributed by atoms with E-state index in [0.717, 1.165) is 0 Å². The standard InChI is InChI=1S/C7H9BrF2N4/c8-5-12-6(11)13-14(5)2-1-4-3-7(4,9)10/h4H,1-3H2,(H2,11,13).